The number of para-hydroxylation sites is 3. The van der Waals surface area contributed by atoms with Crippen LogP contribution >= 0.6 is 11.8 Å². The molecule has 0 spiro atoms. The number of nitrogens with zero attached hydrogens (tertiary/aromatic N) is 2. The van der Waals surface area contributed by atoms with Gasteiger partial charge in [0.05, 0.1) is 16.7 Å². The van der Waals surface area contributed by atoms with E-state index < -0.39 is 0 Å². The van der Waals surface area contributed by atoms with Gasteiger partial charge in [-0.3, -0.25) is 0 Å². The maximum atomic E-state index is 6.94. The fourth-order valence-corrected chi connectivity index (χ4v) is 8.31. The smallest absolute Gasteiger partial charge is 0.0547 e. The Morgan fingerprint density at radius 1 is 0.580 bits per heavy atom. The van der Waals surface area contributed by atoms with Crippen LogP contribution in [-0.4, -0.2) is 11.6 Å². The molecule has 0 aliphatic carbocycles. The van der Waals surface area contributed by atoms with Crippen LogP contribution in [0.5, 0.6) is 0 Å². The third-order valence-corrected chi connectivity index (χ3v) is 11.0. The van der Waals surface area contributed by atoms with Gasteiger partial charge < -0.3 is 15.2 Å². The Morgan fingerprint density at radius 3 is 2.12 bits per heavy atom. The van der Waals surface area contributed by atoms with E-state index in [-0.39, 0.29) is 0 Å². The maximum Gasteiger partial charge on any atom is 0.0547 e. The normalized spacial score (nSPS) is 11.5. The van der Waals surface area contributed by atoms with Crippen molar-refractivity contribution in [1.29, 1.82) is 0 Å². The van der Waals surface area contributed by atoms with E-state index in [1.807, 2.05) is 0 Å². The Balaban J connectivity index is 1.18. The van der Waals surface area contributed by atoms with Gasteiger partial charge in [0, 0.05) is 56.5 Å². The molecule has 9 aromatic rings. The molecule has 2 N–H and O–H groups in total. The SMILES string of the molecule is CN(c1ccccc1)c1ccccc1-c1ccc2c3ccccc3n(-c3ccc4c(ccc5ccc(SCc6ccccc6)c(N)c54)c3)c2c1. The van der Waals surface area contributed by atoms with Crippen LogP contribution in [0.15, 0.2) is 175 Å². The molecule has 3 nitrogen and oxygen atoms in total. The van der Waals surface area contributed by atoms with Gasteiger partial charge in [-0.15, -0.1) is 11.8 Å². The summed E-state index contributed by atoms with van der Waals surface area (Å²) in [6, 6.07) is 61.0. The van der Waals surface area contributed by atoms with Gasteiger partial charge in [0.1, 0.15) is 0 Å². The highest BCUT2D eigenvalue weighted by Crippen LogP contribution is 2.41. The first kappa shape index (κ1) is 30.1. The van der Waals surface area contributed by atoms with Crippen LogP contribution in [0.25, 0.3) is 60.2 Å². The Bertz CT molecular complexity index is 2680. The van der Waals surface area contributed by atoms with E-state index in [1.54, 1.807) is 11.8 Å². The number of thioether (sulfide) groups is 1. The molecule has 0 unspecified atom stereocenters. The predicted octanol–water partition coefficient (Wildman–Crippen LogP) is 12.4. The first-order chi connectivity index (χ1) is 24.6. The molecule has 50 heavy (non-hydrogen) atoms. The first-order valence-corrected chi connectivity index (χ1v) is 18.0. The number of nitrogen functional groups attached to an aromatic ring is 1. The summed E-state index contributed by atoms with van der Waals surface area (Å²) >= 11 is 1.80. The van der Waals surface area contributed by atoms with Crippen LogP contribution in [0, 0.1) is 0 Å². The lowest BCUT2D eigenvalue weighted by molar-refractivity contribution is 1.18. The molecule has 0 aliphatic rings. The molecule has 0 atom stereocenters. The number of anilines is 3. The summed E-state index contributed by atoms with van der Waals surface area (Å²) in [5, 5.41) is 7.10. The monoisotopic (exact) mass is 661 g/mol. The molecule has 0 saturated heterocycles. The molecular weight excluding hydrogens is 627 g/mol. The molecule has 0 saturated carbocycles. The van der Waals surface area contributed by atoms with E-state index in [4.69, 9.17) is 5.73 Å². The third kappa shape index (κ3) is 5.17. The van der Waals surface area contributed by atoms with E-state index in [0.717, 1.165) is 44.2 Å². The zero-order valence-electron chi connectivity index (χ0n) is 27.8. The van der Waals surface area contributed by atoms with Gasteiger partial charge in [-0.05, 0) is 75.8 Å². The Hall–Kier alpha value is -5.97. The van der Waals surface area contributed by atoms with Crippen molar-refractivity contribution >= 4 is 72.2 Å². The Labute approximate surface area is 296 Å². The van der Waals surface area contributed by atoms with Crippen molar-refractivity contribution in [2.45, 2.75) is 10.6 Å². The highest BCUT2D eigenvalue weighted by molar-refractivity contribution is 7.98. The topological polar surface area (TPSA) is 34.2 Å². The van der Waals surface area contributed by atoms with Crippen LogP contribution in [-0.2, 0) is 5.75 Å². The standard InChI is InChI=1S/C46H35N3S/c1-48(35-14-6-3-7-15-35)41-18-10-8-16-37(41)34-22-25-40-39-17-9-11-19-42(39)49(43(40)29-34)36-24-26-38-33(28-36)21-20-32-23-27-44(46(47)45(32)38)50-30-31-12-4-2-5-13-31/h2-29H,30,47H2,1H3. The van der Waals surface area contributed by atoms with Crippen LogP contribution in [0.4, 0.5) is 17.1 Å². The first-order valence-electron chi connectivity index (χ1n) is 17.0. The lowest BCUT2D eigenvalue weighted by atomic mass is 10.00. The minimum absolute atomic E-state index is 0.849. The van der Waals surface area contributed by atoms with E-state index in [0.29, 0.717) is 0 Å². The second-order valence-corrected chi connectivity index (χ2v) is 13.8. The van der Waals surface area contributed by atoms with Crippen molar-refractivity contribution in [1.82, 2.24) is 4.57 Å². The quantitative estimate of drug-likeness (QED) is 0.105. The number of benzene rings is 8. The van der Waals surface area contributed by atoms with Crippen LogP contribution in [0.3, 0.4) is 0 Å². The predicted molar refractivity (Wildman–Crippen MR) is 216 cm³/mol. The van der Waals surface area contributed by atoms with Crippen molar-refractivity contribution in [2.75, 3.05) is 17.7 Å². The van der Waals surface area contributed by atoms with Crippen LogP contribution in [0.1, 0.15) is 5.56 Å². The summed E-state index contributed by atoms with van der Waals surface area (Å²) in [7, 11) is 2.14. The van der Waals surface area contributed by atoms with Gasteiger partial charge in [0.25, 0.3) is 0 Å². The average molecular weight is 662 g/mol. The zero-order valence-corrected chi connectivity index (χ0v) is 28.6. The van der Waals surface area contributed by atoms with Gasteiger partial charge in [0.2, 0.25) is 0 Å². The summed E-state index contributed by atoms with van der Waals surface area (Å²) in [6.07, 6.45) is 0. The van der Waals surface area contributed by atoms with Crippen LogP contribution in [0.2, 0.25) is 0 Å². The van der Waals surface area contributed by atoms with E-state index in [9.17, 15) is 0 Å². The van der Waals surface area contributed by atoms with Crippen molar-refractivity contribution in [3.05, 3.63) is 175 Å². The second-order valence-electron chi connectivity index (χ2n) is 12.8. The molecule has 8 aromatic carbocycles. The number of nitrogens with two attached hydrogens (primary N) is 1. The fourth-order valence-electron chi connectivity index (χ4n) is 7.37. The summed E-state index contributed by atoms with van der Waals surface area (Å²) < 4.78 is 2.41. The lowest BCUT2D eigenvalue weighted by Crippen LogP contribution is -2.10. The molecule has 0 fully saturated rings. The summed E-state index contributed by atoms with van der Waals surface area (Å²) in [4.78, 5) is 3.38. The van der Waals surface area contributed by atoms with E-state index in [2.05, 4.69) is 186 Å². The van der Waals surface area contributed by atoms with Crippen molar-refractivity contribution in [3.63, 3.8) is 0 Å². The molecule has 240 valence electrons. The zero-order chi connectivity index (χ0) is 33.6. The summed E-state index contributed by atoms with van der Waals surface area (Å²) in [6.45, 7) is 0. The molecule has 0 aliphatic heterocycles. The molecule has 4 heteroatoms. The van der Waals surface area contributed by atoms with Gasteiger partial charge >= 0.3 is 0 Å². The van der Waals surface area contributed by atoms with Gasteiger partial charge in [-0.2, -0.15) is 0 Å². The molecule has 9 rings (SSSR count). The van der Waals surface area contributed by atoms with Gasteiger partial charge in [-0.1, -0.05) is 121 Å². The third-order valence-electron chi connectivity index (χ3n) is 9.87. The summed E-state index contributed by atoms with van der Waals surface area (Å²) in [5.41, 5.74) is 17.3. The minimum Gasteiger partial charge on any atom is -0.397 e. The van der Waals surface area contributed by atoms with Crippen molar-refractivity contribution in [2.24, 2.45) is 0 Å². The number of fused-ring (bicyclic) bond motifs is 6. The second kappa shape index (κ2) is 12.5. The maximum absolute atomic E-state index is 6.94. The van der Waals surface area contributed by atoms with E-state index in [1.165, 1.54) is 49.3 Å². The number of hydrogen-bond donors (Lipinski definition) is 1. The molecule has 1 heterocycles. The summed E-state index contributed by atoms with van der Waals surface area (Å²) in [5.74, 6) is 0.883. The van der Waals surface area contributed by atoms with Gasteiger partial charge in [-0.25, -0.2) is 0 Å². The largest absolute Gasteiger partial charge is 0.397 e. The van der Waals surface area contributed by atoms with Crippen molar-refractivity contribution < 1.29 is 0 Å². The molecule has 0 bridgehead atoms. The molecule has 0 radical (unpaired) electrons. The highest BCUT2D eigenvalue weighted by atomic mass is 32.2. The Kier molecular flexibility index (Phi) is 7.52. The minimum atomic E-state index is 0.849. The van der Waals surface area contributed by atoms with Gasteiger partial charge in [0.15, 0.2) is 0 Å². The Morgan fingerprint density at radius 2 is 1.26 bits per heavy atom. The molecule has 0 amide bonds. The van der Waals surface area contributed by atoms with Crippen LogP contribution < -0.4 is 10.6 Å². The number of rotatable bonds is 7. The van der Waals surface area contributed by atoms with E-state index >= 15 is 0 Å². The molecular formula is C46H35N3S. The molecule has 1 aromatic heterocycles. The average Bonchev–Trinajstić information content (AvgIpc) is 3.51. The van der Waals surface area contributed by atoms with Crippen molar-refractivity contribution in [3.8, 4) is 16.8 Å². The highest BCUT2D eigenvalue weighted by Gasteiger charge is 2.17. The number of aromatic nitrogens is 1. The lowest BCUT2D eigenvalue weighted by Gasteiger charge is -2.23. The number of hydrogen-bond acceptors (Lipinski definition) is 3. The fraction of sp³-hybridized carbons (Fsp3) is 0.0435.